The second-order valence-corrected chi connectivity index (χ2v) is 3.44. The highest BCUT2D eigenvalue weighted by Crippen LogP contribution is 1.91. The molecule has 0 aliphatic carbocycles. The molecule has 0 atom stereocenters. The van der Waals surface area contributed by atoms with Gasteiger partial charge in [-0.25, -0.2) is 9.48 Å². The predicted octanol–water partition coefficient (Wildman–Crippen LogP) is -1.13. The highest BCUT2D eigenvalue weighted by Gasteiger charge is 2.07. The van der Waals surface area contributed by atoms with Crippen molar-refractivity contribution in [1.29, 1.82) is 0 Å². The van der Waals surface area contributed by atoms with Crippen LogP contribution in [0.3, 0.4) is 0 Å². The number of aromatic carboxylic acids is 1. The van der Waals surface area contributed by atoms with Gasteiger partial charge in [-0.1, -0.05) is 11.3 Å². The van der Waals surface area contributed by atoms with Crippen molar-refractivity contribution in [1.82, 2.24) is 25.6 Å². The number of hydrogen-bond donors (Lipinski definition) is 3. The van der Waals surface area contributed by atoms with Crippen LogP contribution in [0.2, 0.25) is 0 Å². The number of carbonyl (C=O) groups excluding carboxylic acids is 1. The second-order valence-electron chi connectivity index (χ2n) is 3.44. The first-order valence-corrected chi connectivity index (χ1v) is 5.35. The lowest BCUT2D eigenvalue weighted by Crippen LogP contribution is -2.35. The molecule has 1 aromatic rings. The van der Waals surface area contributed by atoms with Crippen molar-refractivity contribution in [3.63, 3.8) is 0 Å². The number of carboxylic acids is 1. The van der Waals surface area contributed by atoms with Gasteiger partial charge in [-0.3, -0.25) is 4.79 Å². The summed E-state index contributed by atoms with van der Waals surface area (Å²) in [5.41, 5.74) is -0.117. The van der Waals surface area contributed by atoms with E-state index in [-0.39, 0.29) is 18.1 Å². The first-order valence-electron chi connectivity index (χ1n) is 5.35. The van der Waals surface area contributed by atoms with Gasteiger partial charge in [0, 0.05) is 13.1 Å². The molecule has 0 spiro atoms. The van der Waals surface area contributed by atoms with Crippen LogP contribution < -0.4 is 10.6 Å². The predicted molar refractivity (Wildman–Crippen MR) is 63.1 cm³/mol. The monoisotopic (exact) mass is 253 g/mol. The molecule has 98 valence electrons. The molecule has 0 saturated carbocycles. The number of carboxylic acid groups (broad SMARTS) is 1. The quantitative estimate of drug-likeness (QED) is 0.399. The van der Waals surface area contributed by atoms with E-state index >= 15 is 0 Å². The van der Waals surface area contributed by atoms with Gasteiger partial charge in [-0.15, -0.1) is 11.7 Å². The van der Waals surface area contributed by atoms with Crippen molar-refractivity contribution in [3.05, 3.63) is 24.5 Å². The number of nitrogens with one attached hydrogen (secondary N) is 2. The fourth-order valence-corrected chi connectivity index (χ4v) is 1.17. The van der Waals surface area contributed by atoms with Crippen LogP contribution in [0.25, 0.3) is 0 Å². The molecule has 0 saturated heterocycles. The molecule has 0 aliphatic heterocycles. The number of hydrogen-bond acceptors (Lipinski definition) is 5. The fraction of sp³-hybridized carbons (Fsp3) is 0.400. The Morgan fingerprint density at radius 1 is 1.56 bits per heavy atom. The molecule has 1 amide bonds. The average Bonchev–Trinajstić information content (AvgIpc) is 2.78. The Morgan fingerprint density at radius 2 is 2.33 bits per heavy atom. The summed E-state index contributed by atoms with van der Waals surface area (Å²) in [6, 6.07) is 0. The van der Waals surface area contributed by atoms with Crippen molar-refractivity contribution < 1.29 is 14.7 Å². The minimum atomic E-state index is -1.13. The molecule has 0 fully saturated rings. The summed E-state index contributed by atoms with van der Waals surface area (Å²) in [7, 11) is 0. The Kier molecular flexibility index (Phi) is 5.52. The van der Waals surface area contributed by atoms with E-state index in [0.717, 1.165) is 0 Å². The first kappa shape index (κ1) is 13.8. The maximum atomic E-state index is 11.3. The zero-order chi connectivity index (χ0) is 13.4. The lowest BCUT2D eigenvalue weighted by Gasteiger charge is -2.04. The Balaban J connectivity index is 2.22. The number of rotatable bonds is 8. The maximum absolute atomic E-state index is 11.3. The largest absolute Gasteiger partial charge is 0.476 e. The summed E-state index contributed by atoms with van der Waals surface area (Å²) in [6.07, 6.45) is 2.97. The van der Waals surface area contributed by atoms with E-state index < -0.39 is 5.97 Å². The summed E-state index contributed by atoms with van der Waals surface area (Å²) >= 11 is 0. The summed E-state index contributed by atoms with van der Waals surface area (Å²) in [5, 5.41) is 21.2. The van der Waals surface area contributed by atoms with E-state index in [4.69, 9.17) is 5.11 Å². The smallest absolute Gasteiger partial charge is 0.358 e. The highest BCUT2D eigenvalue weighted by molar-refractivity contribution is 5.84. The van der Waals surface area contributed by atoms with Crippen LogP contribution in [0.15, 0.2) is 18.9 Å². The molecule has 1 aromatic heterocycles. The summed E-state index contributed by atoms with van der Waals surface area (Å²) < 4.78 is 1.36. The topological polar surface area (TPSA) is 109 Å². The van der Waals surface area contributed by atoms with Gasteiger partial charge in [-0.2, -0.15) is 0 Å². The molecular formula is C10H15N5O3. The normalized spacial score (nSPS) is 10.0. The molecule has 0 aliphatic rings. The van der Waals surface area contributed by atoms with Crippen molar-refractivity contribution in [2.45, 2.75) is 6.54 Å². The Labute approximate surface area is 104 Å². The van der Waals surface area contributed by atoms with Crippen LogP contribution in [0.4, 0.5) is 0 Å². The molecule has 8 heteroatoms. The van der Waals surface area contributed by atoms with Crippen LogP contribution in [0, 0.1) is 0 Å². The molecular weight excluding hydrogens is 238 g/mol. The van der Waals surface area contributed by atoms with Crippen LogP contribution in [0.5, 0.6) is 0 Å². The van der Waals surface area contributed by atoms with Gasteiger partial charge >= 0.3 is 5.97 Å². The van der Waals surface area contributed by atoms with Crippen LogP contribution in [-0.4, -0.2) is 51.6 Å². The van der Waals surface area contributed by atoms with Gasteiger partial charge in [-0.05, 0) is 0 Å². The molecule has 0 bridgehead atoms. The van der Waals surface area contributed by atoms with E-state index in [9.17, 15) is 9.59 Å². The molecule has 8 nitrogen and oxygen atoms in total. The zero-order valence-electron chi connectivity index (χ0n) is 9.80. The van der Waals surface area contributed by atoms with Gasteiger partial charge < -0.3 is 15.7 Å². The Bertz CT molecular complexity index is 429. The second kappa shape index (κ2) is 7.17. The third-order valence-corrected chi connectivity index (χ3v) is 2.00. The van der Waals surface area contributed by atoms with E-state index in [1.54, 1.807) is 6.08 Å². The molecule has 18 heavy (non-hydrogen) atoms. The summed E-state index contributed by atoms with van der Waals surface area (Å²) in [5.74, 6) is -1.27. The average molecular weight is 253 g/mol. The van der Waals surface area contributed by atoms with Gasteiger partial charge in [0.05, 0.1) is 19.3 Å². The minimum absolute atomic E-state index is 0.117. The van der Waals surface area contributed by atoms with Crippen molar-refractivity contribution >= 4 is 11.9 Å². The van der Waals surface area contributed by atoms with Crippen molar-refractivity contribution in [2.75, 3.05) is 19.6 Å². The zero-order valence-corrected chi connectivity index (χ0v) is 9.80. The Hall–Kier alpha value is -2.22. The number of nitrogens with zero attached hydrogens (tertiary/aromatic N) is 3. The van der Waals surface area contributed by atoms with Crippen molar-refractivity contribution in [3.8, 4) is 0 Å². The number of carbonyl (C=O) groups is 2. The van der Waals surface area contributed by atoms with E-state index in [1.807, 2.05) is 0 Å². The molecule has 0 radical (unpaired) electrons. The third-order valence-electron chi connectivity index (χ3n) is 2.00. The van der Waals surface area contributed by atoms with Gasteiger partial charge in [0.15, 0.2) is 5.69 Å². The first-order chi connectivity index (χ1) is 8.63. The molecule has 1 rings (SSSR count). The fourth-order valence-electron chi connectivity index (χ4n) is 1.17. The lowest BCUT2D eigenvalue weighted by molar-refractivity contribution is -0.120. The molecule has 0 aromatic carbocycles. The minimum Gasteiger partial charge on any atom is -0.476 e. The molecule has 0 unspecified atom stereocenters. The number of aromatic nitrogens is 3. The van der Waals surface area contributed by atoms with Crippen LogP contribution in [-0.2, 0) is 11.3 Å². The third kappa shape index (κ3) is 4.74. The lowest BCUT2D eigenvalue weighted by atomic mass is 10.5. The Morgan fingerprint density at radius 3 is 2.94 bits per heavy atom. The molecule has 3 N–H and O–H groups in total. The summed E-state index contributed by atoms with van der Waals surface area (Å²) in [6.45, 7) is 5.02. The maximum Gasteiger partial charge on any atom is 0.358 e. The number of amides is 1. The summed E-state index contributed by atoms with van der Waals surface area (Å²) in [4.78, 5) is 21.8. The van der Waals surface area contributed by atoms with E-state index in [0.29, 0.717) is 19.6 Å². The molecule has 1 heterocycles. The highest BCUT2D eigenvalue weighted by atomic mass is 16.4. The van der Waals surface area contributed by atoms with Crippen LogP contribution in [0.1, 0.15) is 10.5 Å². The SMILES string of the molecule is C=CCNCC(=O)NCCn1cc(C(=O)O)nn1. The van der Waals surface area contributed by atoms with Crippen LogP contribution >= 0.6 is 0 Å². The van der Waals surface area contributed by atoms with E-state index in [2.05, 4.69) is 27.5 Å². The standard InChI is InChI=1S/C10H15N5O3/c1-2-3-11-6-9(16)12-4-5-15-7-8(10(17)18)13-14-15/h2,7,11H,1,3-6H2,(H,12,16)(H,17,18). The van der Waals surface area contributed by atoms with Gasteiger partial charge in [0.1, 0.15) is 0 Å². The van der Waals surface area contributed by atoms with Crippen molar-refractivity contribution in [2.24, 2.45) is 0 Å². The van der Waals surface area contributed by atoms with Gasteiger partial charge in [0.25, 0.3) is 0 Å². The van der Waals surface area contributed by atoms with E-state index in [1.165, 1.54) is 10.9 Å². The van der Waals surface area contributed by atoms with Gasteiger partial charge in [0.2, 0.25) is 5.91 Å².